The first kappa shape index (κ1) is 15.5. The van der Waals surface area contributed by atoms with Crippen molar-refractivity contribution in [1.29, 1.82) is 0 Å². The molecule has 2 aromatic rings. The van der Waals surface area contributed by atoms with Gasteiger partial charge in [-0.3, -0.25) is 4.79 Å². The van der Waals surface area contributed by atoms with Crippen LogP contribution in [0.1, 0.15) is 22.0 Å². The van der Waals surface area contributed by atoms with Crippen LogP contribution in [0.5, 0.6) is 0 Å². The summed E-state index contributed by atoms with van der Waals surface area (Å²) in [6.45, 7) is 0.0282. The van der Waals surface area contributed by atoms with Crippen LogP contribution in [0.3, 0.4) is 0 Å². The van der Waals surface area contributed by atoms with Crippen LogP contribution >= 0.6 is 15.9 Å². The first-order valence-electron chi connectivity index (χ1n) is 6.24. The lowest BCUT2D eigenvalue weighted by Gasteiger charge is -2.12. The van der Waals surface area contributed by atoms with Gasteiger partial charge in [-0.15, -0.1) is 0 Å². The zero-order valence-electron chi connectivity index (χ0n) is 11.0. The monoisotopic (exact) mass is 352 g/mol. The number of carbonyl (C=O) groups is 1. The van der Waals surface area contributed by atoms with E-state index >= 15 is 0 Å². The molecule has 4 nitrogen and oxygen atoms in total. The molecule has 0 radical (unpaired) electrons. The van der Waals surface area contributed by atoms with Crippen molar-refractivity contribution < 1.29 is 14.3 Å². The maximum Gasteiger partial charge on any atom is 0.251 e. The second-order valence-electron chi connectivity index (χ2n) is 4.52. The van der Waals surface area contributed by atoms with Crippen molar-refractivity contribution >= 4 is 27.5 Å². The van der Waals surface area contributed by atoms with Crippen molar-refractivity contribution in [1.82, 2.24) is 5.32 Å². The molecule has 6 heteroatoms. The van der Waals surface area contributed by atoms with Gasteiger partial charge in [-0.25, -0.2) is 4.39 Å². The Bertz CT molecular complexity index is 647. The molecule has 0 aliphatic rings. The molecule has 21 heavy (non-hydrogen) atoms. The zero-order chi connectivity index (χ0) is 15.4. The summed E-state index contributed by atoms with van der Waals surface area (Å²) in [7, 11) is 0. The number of aliphatic hydroxyl groups is 1. The molecule has 0 aliphatic heterocycles. The quantitative estimate of drug-likeness (QED) is 0.740. The number of carbonyl (C=O) groups excluding carboxylic acids is 1. The van der Waals surface area contributed by atoms with Gasteiger partial charge in [-0.05, 0) is 51.8 Å². The standard InChI is InChI=1S/C15H14BrFN2O2/c16-12-6-3-10(7-13(12)17)15(21)19-8-14(20)9-1-4-11(18)5-2-9/h1-7,14,20H,8,18H2,(H,19,21). The lowest BCUT2D eigenvalue weighted by molar-refractivity contribution is 0.0916. The van der Waals surface area contributed by atoms with Gasteiger partial charge in [0.25, 0.3) is 5.91 Å². The van der Waals surface area contributed by atoms with Gasteiger partial charge in [0.1, 0.15) is 5.82 Å². The highest BCUT2D eigenvalue weighted by Gasteiger charge is 2.12. The number of nitrogen functional groups attached to an aromatic ring is 1. The van der Waals surface area contributed by atoms with Crippen molar-refractivity contribution in [2.45, 2.75) is 6.10 Å². The van der Waals surface area contributed by atoms with E-state index in [1.54, 1.807) is 24.3 Å². The SMILES string of the molecule is Nc1ccc(C(O)CNC(=O)c2ccc(Br)c(F)c2)cc1. The highest BCUT2D eigenvalue weighted by atomic mass is 79.9. The second kappa shape index (κ2) is 6.69. The fourth-order valence-corrected chi connectivity index (χ4v) is 2.01. The molecule has 0 heterocycles. The molecule has 0 aliphatic carbocycles. The molecule has 1 unspecified atom stereocenters. The smallest absolute Gasteiger partial charge is 0.251 e. The van der Waals surface area contributed by atoms with Crippen molar-refractivity contribution in [2.24, 2.45) is 0 Å². The highest BCUT2D eigenvalue weighted by molar-refractivity contribution is 9.10. The summed E-state index contributed by atoms with van der Waals surface area (Å²) in [5.74, 6) is -0.961. The maximum atomic E-state index is 13.4. The molecule has 1 atom stereocenters. The van der Waals surface area contributed by atoms with Gasteiger partial charge in [0.2, 0.25) is 0 Å². The van der Waals surface area contributed by atoms with Gasteiger partial charge >= 0.3 is 0 Å². The molecular formula is C15H14BrFN2O2. The van der Waals surface area contributed by atoms with Gasteiger partial charge in [0, 0.05) is 17.8 Å². The third-order valence-electron chi connectivity index (χ3n) is 2.96. The molecule has 0 aromatic heterocycles. The summed E-state index contributed by atoms with van der Waals surface area (Å²) < 4.78 is 13.6. The Hall–Kier alpha value is -1.92. The highest BCUT2D eigenvalue weighted by Crippen LogP contribution is 2.17. The Labute approximate surface area is 129 Å². The first-order chi connectivity index (χ1) is 9.97. The van der Waals surface area contributed by atoms with E-state index in [1.165, 1.54) is 12.1 Å². The summed E-state index contributed by atoms with van der Waals surface area (Å²) in [6, 6.07) is 10.8. The van der Waals surface area contributed by atoms with E-state index in [1.807, 2.05) is 0 Å². The molecule has 2 rings (SSSR count). The third kappa shape index (κ3) is 4.03. The van der Waals surface area contributed by atoms with Gasteiger partial charge in [-0.1, -0.05) is 12.1 Å². The lowest BCUT2D eigenvalue weighted by atomic mass is 10.1. The summed E-state index contributed by atoms with van der Waals surface area (Å²) in [5.41, 5.74) is 7.00. The molecule has 1 amide bonds. The Morgan fingerprint density at radius 3 is 2.57 bits per heavy atom. The number of hydrogen-bond donors (Lipinski definition) is 3. The number of nitrogens with one attached hydrogen (secondary N) is 1. The molecule has 0 saturated heterocycles. The van der Waals surface area contributed by atoms with Crippen LogP contribution < -0.4 is 11.1 Å². The van der Waals surface area contributed by atoms with Gasteiger partial charge in [0.05, 0.1) is 10.6 Å². The summed E-state index contributed by atoms with van der Waals surface area (Å²) >= 11 is 3.02. The van der Waals surface area contributed by atoms with Crippen molar-refractivity contribution in [3.8, 4) is 0 Å². The average molecular weight is 353 g/mol. The number of amides is 1. The van der Waals surface area contributed by atoms with Gasteiger partial charge in [0.15, 0.2) is 0 Å². The van der Waals surface area contributed by atoms with Crippen LogP contribution in [0, 0.1) is 5.82 Å². The van der Waals surface area contributed by atoms with E-state index in [0.29, 0.717) is 15.7 Å². The Kier molecular flexibility index (Phi) is 4.93. The normalized spacial score (nSPS) is 12.0. The van der Waals surface area contributed by atoms with Crippen LogP contribution in [-0.4, -0.2) is 17.6 Å². The van der Waals surface area contributed by atoms with E-state index in [0.717, 1.165) is 6.07 Å². The van der Waals surface area contributed by atoms with Crippen LogP contribution in [0.4, 0.5) is 10.1 Å². The van der Waals surface area contributed by atoms with Crippen LogP contribution in [0.2, 0.25) is 0 Å². The van der Waals surface area contributed by atoms with Gasteiger partial charge in [-0.2, -0.15) is 0 Å². The number of rotatable bonds is 4. The molecule has 0 spiro atoms. The number of nitrogens with two attached hydrogens (primary N) is 1. The Morgan fingerprint density at radius 1 is 1.29 bits per heavy atom. The number of hydrogen-bond acceptors (Lipinski definition) is 3. The van der Waals surface area contributed by atoms with E-state index in [4.69, 9.17) is 5.73 Å². The number of benzene rings is 2. The predicted octanol–water partition coefficient (Wildman–Crippen LogP) is 2.63. The molecular weight excluding hydrogens is 339 g/mol. The number of aliphatic hydroxyl groups excluding tert-OH is 1. The lowest BCUT2D eigenvalue weighted by Crippen LogP contribution is -2.28. The van der Waals surface area contributed by atoms with E-state index in [2.05, 4.69) is 21.2 Å². The molecule has 4 N–H and O–H groups in total. The van der Waals surface area contributed by atoms with Crippen LogP contribution in [0.25, 0.3) is 0 Å². The Morgan fingerprint density at radius 2 is 1.95 bits per heavy atom. The minimum atomic E-state index is -0.852. The molecule has 0 fully saturated rings. The second-order valence-corrected chi connectivity index (χ2v) is 5.38. The summed E-state index contributed by atoms with van der Waals surface area (Å²) in [5, 5.41) is 12.5. The molecule has 0 bridgehead atoms. The fourth-order valence-electron chi connectivity index (χ4n) is 1.76. The maximum absolute atomic E-state index is 13.4. The minimum Gasteiger partial charge on any atom is -0.399 e. The van der Waals surface area contributed by atoms with E-state index < -0.39 is 17.8 Å². The molecule has 110 valence electrons. The molecule has 0 saturated carbocycles. The first-order valence-corrected chi connectivity index (χ1v) is 7.03. The predicted molar refractivity (Wildman–Crippen MR) is 82.2 cm³/mol. The number of anilines is 1. The van der Waals surface area contributed by atoms with Gasteiger partial charge < -0.3 is 16.2 Å². The van der Waals surface area contributed by atoms with Crippen molar-refractivity contribution in [3.63, 3.8) is 0 Å². The zero-order valence-corrected chi connectivity index (χ0v) is 12.6. The van der Waals surface area contributed by atoms with Crippen LogP contribution in [-0.2, 0) is 0 Å². The largest absolute Gasteiger partial charge is 0.399 e. The van der Waals surface area contributed by atoms with Crippen molar-refractivity contribution in [2.75, 3.05) is 12.3 Å². The average Bonchev–Trinajstić information content (AvgIpc) is 2.48. The fraction of sp³-hybridized carbons (Fsp3) is 0.133. The van der Waals surface area contributed by atoms with E-state index in [-0.39, 0.29) is 12.1 Å². The van der Waals surface area contributed by atoms with E-state index in [9.17, 15) is 14.3 Å². The Balaban J connectivity index is 1.97. The third-order valence-corrected chi connectivity index (χ3v) is 3.60. The minimum absolute atomic E-state index is 0.0282. The van der Waals surface area contributed by atoms with Crippen LogP contribution in [0.15, 0.2) is 46.9 Å². The topological polar surface area (TPSA) is 75.3 Å². The summed E-state index contributed by atoms with van der Waals surface area (Å²) in [4.78, 5) is 11.9. The summed E-state index contributed by atoms with van der Waals surface area (Å²) in [6.07, 6.45) is -0.852. The molecule has 2 aromatic carbocycles. The number of halogens is 2. The van der Waals surface area contributed by atoms with Crippen molar-refractivity contribution in [3.05, 3.63) is 63.9 Å².